The van der Waals surface area contributed by atoms with E-state index in [2.05, 4.69) is 36.4 Å². The zero-order valence-corrected chi connectivity index (χ0v) is 10.5. The Hall–Kier alpha value is -1.06. The second-order valence-corrected chi connectivity index (χ2v) is 4.06. The molecule has 1 rings (SSSR count). The van der Waals surface area contributed by atoms with Crippen molar-refractivity contribution in [2.24, 2.45) is 0 Å². The largest absolute Gasteiger partial charge is 0.494 e. The van der Waals surface area contributed by atoms with Crippen LogP contribution in [-0.2, 0) is 6.54 Å². The number of likely N-dealkylation sites (N-methyl/N-ethyl adjacent to an activating group) is 1. The van der Waals surface area contributed by atoms with Crippen LogP contribution >= 0.6 is 0 Å². The molecule has 0 atom stereocenters. The summed E-state index contributed by atoms with van der Waals surface area (Å²) in [5, 5.41) is 3.40. The summed E-state index contributed by atoms with van der Waals surface area (Å²) in [6.07, 6.45) is 0. The van der Waals surface area contributed by atoms with Gasteiger partial charge in [0.25, 0.3) is 0 Å². The minimum absolute atomic E-state index is 0.723. The van der Waals surface area contributed by atoms with Gasteiger partial charge in [-0.1, -0.05) is 12.1 Å². The Morgan fingerprint density at radius 2 is 1.88 bits per heavy atom. The lowest BCUT2D eigenvalue weighted by atomic mass is 10.2. The van der Waals surface area contributed by atoms with E-state index in [1.165, 1.54) is 5.56 Å². The Bertz CT molecular complexity index is 282. The third kappa shape index (κ3) is 5.14. The minimum Gasteiger partial charge on any atom is -0.494 e. The first kappa shape index (κ1) is 13.0. The molecule has 0 saturated carbocycles. The molecule has 0 radical (unpaired) electrons. The van der Waals surface area contributed by atoms with E-state index in [0.29, 0.717) is 0 Å². The summed E-state index contributed by atoms with van der Waals surface area (Å²) >= 11 is 0. The van der Waals surface area contributed by atoms with E-state index in [1.54, 1.807) is 0 Å². The molecule has 1 aromatic carbocycles. The number of hydrogen-bond donors (Lipinski definition) is 1. The molecule has 0 aliphatic heterocycles. The van der Waals surface area contributed by atoms with Crippen molar-refractivity contribution < 1.29 is 4.74 Å². The van der Waals surface area contributed by atoms with Crippen LogP contribution in [-0.4, -0.2) is 38.7 Å². The van der Waals surface area contributed by atoms with E-state index in [1.807, 2.05) is 19.1 Å². The molecule has 3 nitrogen and oxygen atoms in total. The average Bonchev–Trinajstić information content (AvgIpc) is 2.27. The van der Waals surface area contributed by atoms with Crippen LogP contribution in [0, 0.1) is 0 Å². The summed E-state index contributed by atoms with van der Waals surface area (Å²) in [5.41, 5.74) is 1.29. The van der Waals surface area contributed by atoms with Crippen molar-refractivity contribution >= 4 is 0 Å². The Balaban J connectivity index is 2.26. The smallest absolute Gasteiger partial charge is 0.119 e. The van der Waals surface area contributed by atoms with E-state index >= 15 is 0 Å². The molecule has 0 aliphatic carbocycles. The maximum Gasteiger partial charge on any atom is 0.119 e. The first-order chi connectivity index (χ1) is 7.72. The number of hydrogen-bond acceptors (Lipinski definition) is 3. The lowest BCUT2D eigenvalue weighted by Gasteiger charge is -2.10. The van der Waals surface area contributed by atoms with E-state index in [0.717, 1.165) is 32.0 Å². The van der Waals surface area contributed by atoms with Crippen molar-refractivity contribution in [2.75, 3.05) is 33.8 Å². The third-order valence-electron chi connectivity index (χ3n) is 2.30. The molecule has 0 bridgehead atoms. The molecule has 1 aromatic rings. The van der Waals surface area contributed by atoms with Crippen LogP contribution in [0.5, 0.6) is 5.75 Å². The van der Waals surface area contributed by atoms with E-state index in [-0.39, 0.29) is 0 Å². The van der Waals surface area contributed by atoms with Crippen LogP contribution < -0.4 is 10.1 Å². The van der Waals surface area contributed by atoms with Gasteiger partial charge >= 0.3 is 0 Å². The highest BCUT2D eigenvalue weighted by Gasteiger charge is 1.95. The molecule has 0 fully saturated rings. The lowest BCUT2D eigenvalue weighted by Crippen LogP contribution is -2.26. The van der Waals surface area contributed by atoms with Gasteiger partial charge in [0.1, 0.15) is 5.75 Å². The molecule has 0 unspecified atom stereocenters. The van der Waals surface area contributed by atoms with Gasteiger partial charge in [-0.05, 0) is 38.7 Å². The first-order valence-corrected chi connectivity index (χ1v) is 5.79. The number of nitrogens with one attached hydrogen (secondary N) is 1. The summed E-state index contributed by atoms with van der Waals surface area (Å²) < 4.78 is 5.39. The first-order valence-electron chi connectivity index (χ1n) is 5.79. The maximum atomic E-state index is 5.39. The third-order valence-corrected chi connectivity index (χ3v) is 2.30. The Kier molecular flexibility index (Phi) is 5.90. The van der Waals surface area contributed by atoms with Gasteiger partial charge in [-0.25, -0.2) is 0 Å². The lowest BCUT2D eigenvalue weighted by molar-refractivity contribution is 0.340. The fourth-order valence-corrected chi connectivity index (χ4v) is 1.41. The molecule has 16 heavy (non-hydrogen) atoms. The van der Waals surface area contributed by atoms with Crippen LogP contribution in [0.3, 0.4) is 0 Å². The molecule has 1 N–H and O–H groups in total. The van der Waals surface area contributed by atoms with Crippen molar-refractivity contribution in [3.05, 3.63) is 29.8 Å². The zero-order chi connectivity index (χ0) is 11.8. The number of ether oxygens (including phenoxy) is 1. The molecular weight excluding hydrogens is 200 g/mol. The van der Waals surface area contributed by atoms with Crippen molar-refractivity contribution in [1.82, 2.24) is 10.2 Å². The van der Waals surface area contributed by atoms with Crippen LogP contribution in [0.1, 0.15) is 12.5 Å². The highest BCUT2D eigenvalue weighted by molar-refractivity contribution is 5.27. The topological polar surface area (TPSA) is 24.5 Å². The fraction of sp³-hybridized carbons (Fsp3) is 0.538. The van der Waals surface area contributed by atoms with Crippen LogP contribution in [0.4, 0.5) is 0 Å². The average molecular weight is 222 g/mol. The minimum atomic E-state index is 0.723. The monoisotopic (exact) mass is 222 g/mol. The molecule has 0 saturated heterocycles. The maximum absolute atomic E-state index is 5.39. The molecule has 3 heteroatoms. The van der Waals surface area contributed by atoms with Gasteiger partial charge in [0.05, 0.1) is 6.61 Å². The second kappa shape index (κ2) is 7.25. The highest BCUT2D eigenvalue weighted by atomic mass is 16.5. The number of benzene rings is 1. The van der Waals surface area contributed by atoms with Crippen LogP contribution in [0.25, 0.3) is 0 Å². The van der Waals surface area contributed by atoms with Gasteiger partial charge in [-0.3, -0.25) is 0 Å². The van der Waals surface area contributed by atoms with Crippen molar-refractivity contribution in [3.63, 3.8) is 0 Å². The normalized spacial score (nSPS) is 10.8. The van der Waals surface area contributed by atoms with Crippen LogP contribution in [0.2, 0.25) is 0 Å². The van der Waals surface area contributed by atoms with Crippen molar-refractivity contribution in [2.45, 2.75) is 13.5 Å². The molecule has 0 aliphatic rings. The molecular formula is C13H22N2O. The van der Waals surface area contributed by atoms with Gasteiger partial charge in [0.2, 0.25) is 0 Å². The van der Waals surface area contributed by atoms with Gasteiger partial charge < -0.3 is 15.0 Å². The number of rotatable bonds is 7. The summed E-state index contributed by atoms with van der Waals surface area (Å²) in [5.74, 6) is 0.944. The quantitative estimate of drug-likeness (QED) is 0.711. The van der Waals surface area contributed by atoms with Gasteiger partial charge in [0, 0.05) is 19.6 Å². The SMILES string of the molecule is CCOc1ccc(CNCCN(C)C)cc1. The van der Waals surface area contributed by atoms with Gasteiger partial charge in [-0.15, -0.1) is 0 Å². The van der Waals surface area contributed by atoms with Gasteiger partial charge in [-0.2, -0.15) is 0 Å². The zero-order valence-electron chi connectivity index (χ0n) is 10.5. The van der Waals surface area contributed by atoms with Crippen molar-refractivity contribution in [3.8, 4) is 5.75 Å². The summed E-state index contributed by atoms with van der Waals surface area (Å²) in [6.45, 7) is 5.72. The van der Waals surface area contributed by atoms with E-state index in [9.17, 15) is 0 Å². The van der Waals surface area contributed by atoms with Gasteiger partial charge in [0.15, 0.2) is 0 Å². The Morgan fingerprint density at radius 3 is 2.44 bits per heavy atom. The Labute approximate surface area is 98.4 Å². The molecule has 0 aromatic heterocycles. The summed E-state index contributed by atoms with van der Waals surface area (Å²) in [7, 11) is 4.16. The van der Waals surface area contributed by atoms with E-state index in [4.69, 9.17) is 4.74 Å². The molecule has 0 amide bonds. The predicted molar refractivity (Wildman–Crippen MR) is 67.9 cm³/mol. The summed E-state index contributed by atoms with van der Waals surface area (Å²) in [4.78, 5) is 2.17. The second-order valence-electron chi connectivity index (χ2n) is 4.06. The van der Waals surface area contributed by atoms with Crippen LogP contribution in [0.15, 0.2) is 24.3 Å². The number of nitrogens with zero attached hydrogens (tertiary/aromatic N) is 1. The molecule has 90 valence electrons. The highest BCUT2D eigenvalue weighted by Crippen LogP contribution is 2.11. The van der Waals surface area contributed by atoms with Crippen molar-refractivity contribution in [1.29, 1.82) is 0 Å². The standard InChI is InChI=1S/C13H22N2O/c1-4-16-13-7-5-12(6-8-13)11-14-9-10-15(2)3/h5-8,14H,4,9-11H2,1-3H3. The molecule has 0 heterocycles. The Morgan fingerprint density at radius 1 is 1.19 bits per heavy atom. The fourth-order valence-electron chi connectivity index (χ4n) is 1.41. The predicted octanol–water partition coefficient (Wildman–Crippen LogP) is 1.74. The molecule has 0 spiro atoms. The van der Waals surface area contributed by atoms with E-state index < -0.39 is 0 Å². The summed E-state index contributed by atoms with van der Waals surface area (Å²) in [6, 6.07) is 8.25.